The summed E-state index contributed by atoms with van der Waals surface area (Å²) in [6.45, 7) is 4.25. The van der Waals surface area contributed by atoms with E-state index in [9.17, 15) is 28.3 Å². The number of fused-ring (bicyclic) bond motifs is 2. The first kappa shape index (κ1) is 43.0. The van der Waals surface area contributed by atoms with Gasteiger partial charge in [0.05, 0.1) is 10.0 Å². The second-order valence-corrected chi connectivity index (χ2v) is 16.2. The second-order valence-electron chi connectivity index (χ2n) is 15.4. The molecule has 0 aliphatic carbocycles. The van der Waals surface area contributed by atoms with Gasteiger partial charge in [0.25, 0.3) is 0 Å². The first-order valence-corrected chi connectivity index (χ1v) is 20.7. The van der Waals surface area contributed by atoms with E-state index in [1.54, 1.807) is 30.5 Å². The molecular formula is C48H40Cl2F2N4O7. The summed E-state index contributed by atoms with van der Waals surface area (Å²) in [5, 5.41) is 16.3. The number of carboxylic acids is 1. The molecule has 2 aliphatic heterocycles. The lowest BCUT2D eigenvalue weighted by Gasteiger charge is -2.37. The molecular weight excluding hydrogens is 853 g/mol. The number of nitrogens with one attached hydrogen (secondary N) is 2. The van der Waals surface area contributed by atoms with Gasteiger partial charge >= 0.3 is 12.0 Å². The SMILES string of the molecule is Cc1nccc(-c2ccc(CC(NC(=O)[C@@H]3Cc4cc5c(cc4CN3C(=O)Nc3cc(F)cc(F)c3)O[C@@H](c3ccc(OCc4ccc(Cl)c(Cl)c4)cc3)CO5)C(=O)O)cc2)c1C. The number of pyridine rings is 1. The predicted molar refractivity (Wildman–Crippen MR) is 233 cm³/mol. The fourth-order valence-electron chi connectivity index (χ4n) is 7.64. The van der Waals surface area contributed by atoms with Gasteiger partial charge in [0.15, 0.2) is 17.6 Å². The van der Waals surface area contributed by atoms with Gasteiger partial charge in [0.1, 0.15) is 42.7 Å². The second kappa shape index (κ2) is 18.3. The van der Waals surface area contributed by atoms with Gasteiger partial charge in [-0.15, -0.1) is 0 Å². The van der Waals surface area contributed by atoms with Crippen LogP contribution in [0.4, 0.5) is 19.3 Å². The number of aryl methyl sites for hydroxylation is 1. The van der Waals surface area contributed by atoms with Crippen molar-refractivity contribution in [3.05, 3.63) is 170 Å². The number of amides is 3. The van der Waals surface area contributed by atoms with Gasteiger partial charge in [-0.1, -0.05) is 65.7 Å². The summed E-state index contributed by atoms with van der Waals surface area (Å²) in [5.41, 5.74) is 7.35. The zero-order chi connectivity index (χ0) is 44.4. The van der Waals surface area contributed by atoms with E-state index in [0.29, 0.717) is 50.1 Å². The van der Waals surface area contributed by atoms with E-state index in [0.717, 1.165) is 45.6 Å². The maximum Gasteiger partial charge on any atom is 0.326 e. The molecule has 3 heterocycles. The van der Waals surface area contributed by atoms with Crippen LogP contribution in [0.15, 0.2) is 109 Å². The number of ether oxygens (including phenoxy) is 3. The van der Waals surface area contributed by atoms with Crippen LogP contribution in [0.5, 0.6) is 17.2 Å². The molecule has 3 amide bonds. The van der Waals surface area contributed by atoms with E-state index in [-0.39, 0.29) is 38.3 Å². The molecule has 8 rings (SSSR count). The number of carbonyl (C=O) groups excluding carboxylic acids is 2. The summed E-state index contributed by atoms with van der Waals surface area (Å²) in [5.74, 6) is -2.34. The summed E-state index contributed by atoms with van der Waals surface area (Å²) in [7, 11) is 0. The normalized spacial score (nSPS) is 15.8. The van der Waals surface area contributed by atoms with Crippen molar-refractivity contribution in [3.8, 4) is 28.4 Å². The van der Waals surface area contributed by atoms with Crippen molar-refractivity contribution in [2.75, 3.05) is 11.9 Å². The molecule has 15 heteroatoms. The highest BCUT2D eigenvalue weighted by molar-refractivity contribution is 6.42. The summed E-state index contributed by atoms with van der Waals surface area (Å²) in [6.07, 6.45) is 1.18. The molecule has 3 atom stereocenters. The lowest BCUT2D eigenvalue weighted by molar-refractivity contribution is -0.142. The minimum Gasteiger partial charge on any atom is -0.489 e. The first-order chi connectivity index (χ1) is 30.3. The minimum atomic E-state index is -1.35. The summed E-state index contributed by atoms with van der Waals surface area (Å²) < 4.78 is 46.8. The van der Waals surface area contributed by atoms with Crippen molar-refractivity contribution in [3.63, 3.8) is 0 Å². The molecule has 0 radical (unpaired) electrons. The summed E-state index contributed by atoms with van der Waals surface area (Å²) in [6, 6.07) is 24.6. The van der Waals surface area contributed by atoms with Crippen LogP contribution in [0, 0.1) is 25.5 Å². The Bertz CT molecular complexity index is 2700. The highest BCUT2D eigenvalue weighted by atomic mass is 35.5. The number of carboxylic acid groups (broad SMARTS) is 1. The molecule has 0 fully saturated rings. The fraction of sp³-hybridized carbons (Fsp3) is 0.208. The third-order valence-electron chi connectivity index (χ3n) is 11.1. The smallest absolute Gasteiger partial charge is 0.326 e. The molecule has 0 saturated carbocycles. The Balaban J connectivity index is 0.995. The average Bonchev–Trinajstić information content (AvgIpc) is 3.26. The standard InChI is InChI=1S/C48H40Cl2F2N4O7/c1-26-27(2)53-14-13-38(26)30-6-3-28(4-7-30)16-41(47(58)59)55-46(57)42-17-32-18-43-44(19-33(32)23-56(42)48(60)54-36-21-34(51)20-35(52)22-36)63-45(25-62-43)31-8-10-37(11-9-31)61-24-29-5-12-39(49)40(50)15-29/h3-15,18-22,41-42,45H,16-17,23-25H2,1-2H3,(H,54,60)(H,55,57)(H,58,59)/t41?,42-,45+/m0/s1. The quantitative estimate of drug-likeness (QED) is 0.117. The number of aromatic nitrogens is 1. The third kappa shape index (κ3) is 9.85. The van der Waals surface area contributed by atoms with E-state index in [2.05, 4.69) is 15.6 Å². The van der Waals surface area contributed by atoms with E-state index < -0.39 is 47.7 Å². The number of rotatable bonds is 11. The third-order valence-corrected chi connectivity index (χ3v) is 11.9. The molecule has 0 bridgehead atoms. The Hall–Kier alpha value is -6.70. The zero-order valence-electron chi connectivity index (χ0n) is 34.0. The fourth-order valence-corrected chi connectivity index (χ4v) is 7.96. The molecule has 63 heavy (non-hydrogen) atoms. The van der Waals surface area contributed by atoms with Crippen molar-refractivity contribution in [2.24, 2.45) is 0 Å². The number of hydrogen-bond donors (Lipinski definition) is 3. The largest absolute Gasteiger partial charge is 0.489 e. The zero-order valence-corrected chi connectivity index (χ0v) is 35.5. The van der Waals surface area contributed by atoms with Crippen molar-refractivity contribution >= 4 is 46.8 Å². The van der Waals surface area contributed by atoms with E-state index in [4.69, 9.17) is 37.4 Å². The number of anilines is 1. The molecule has 5 aromatic carbocycles. The Morgan fingerprint density at radius 3 is 2.30 bits per heavy atom. The maximum absolute atomic E-state index is 14.2. The topological polar surface area (TPSA) is 139 Å². The maximum atomic E-state index is 14.2. The number of benzene rings is 5. The van der Waals surface area contributed by atoms with Gasteiger partial charge in [-0.3, -0.25) is 9.78 Å². The summed E-state index contributed by atoms with van der Waals surface area (Å²) in [4.78, 5) is 46.2. The number of hydrogen-bond acceptors (Lipinski definition) is 7. The number of nitrogens with zero attached hydrogens (tertiary/aromatic N) is 2. The van der Waals surface area contributed by atoms with Crippen LogP contribution in [0.2, 0.25) is 10.0 Å². The van der Waals surface area contributed by atoms with Crippen LogP contribution in [0.3, 0.4) is 0 Å². The molecule has 2 aliphatic rings. The average molecular weight is 894 g/mol. The molecule has 3 N–H and O–H groups in total. The lowest BCUT2D eigenvalue weighted by atomic mass is 9.92. The molecule has 1 unspecified atom stereocenters. The van der Waals surface area contributed by atoms with Gasteiger partial charge in [-0.05, 0) is 113 Å². The van der Waals surface area contributed by atoms with E-state index in [1.165, 1.54) is 4.90 Å². The van der Waals surface area contributed by atoms with Crippen LogP contribution in [-0.2, 0) is 35.6 Å². The van der Waals surface area contributed by atoms with Crippen molar-refractivity contribution < 1.29 is 42.5 Å². The summed E-state index contributed by atoms with van der Waals surface area (Å²) >= 11 is 12.2. The van der Waals surface area contributed by atoms with Gasteiger partial charge in [0, 0.05) is 43.0 Å². The number of halogens is 4. The van der Waals surface area contributed by atoms with E-state index in [1.807, 2.05) is 74.5 Å². The highest BCUT2D eigenvalue weighted by Crippen LogP contribution is 2.41. The number of carbonyl (C=O) groups is 3. The van der Waals surface area contributed by atoms with Crippen molar-refractivity contribution in [1.29, 1.82) is 0 Å². The van der Waals surface area contributed by atoms with Crippen LogP contribution < -0.4 is 24.8 Å². The van der Waals surface area contributed by atoms with Gasteiger partial charge in [-0.2, -0.15) is 0 Å². The number of aliphatic carboxylic acids is 1. The first-order valence-electron chi connectivity index (χ1n) is 20.0. The Morgan fingerprint density at radius 2 is 1.59 bits per heavy atom. The molecule has 0 saturated heterocycles. The van der Waals surface area contributed by atoms with Crippen molar-refractivity contribution in [2.45, 2.75) is 58.0 Å². The minimum absolute atomic E-state index is 0.0262. The number of urea groups is 1. The Morgan fingerprint density at radius 1 is 0.873 bits per heavy atom. The van der Waals surface area contributed by atoms with Gasteiger partial charge in [0.2, 0.25) is 5.91 Å². The van der Waals surface area contributed by atoms with E-state index >= 15 is 0 Å². The lowest BCUT2D eigenvalue weighted by Crippen LogP contribution is -2.56. The highest BCUT2D eigenvalue weighted by Gasteiger charge is 2.38. The van der Waals surface area contributed by atoms with Crippen LogP contribution >= 0.6 is 23.2 Å². The van der Waals surface area contributed by atoms with Gasteiger partial charge in [-0.25, -0.2) is 18.4 Å². The van der Waals surface area contributed by atoms with Crippen LogP contribution in [-0.4, -0.2) is 51.6 Å². The molecule has 11 nitrogen and oxygen atoms in total. The molecule has 0 spiro atoms. The molecule has 6 aromatic rings. The predicted octanol–water partition coefficient (Wildman–Crippen LogP) is 9.81. The monoisotopic (exact) mass is 892 g/mol. The Kier molecular flexibility index (Phi) is 12.5. The van der Waals surface area contributed by atoms with Crippen LogP contribution in [0.25, 0.3) is 11.1 Å². The Labute approximate surface area is 371 Å². The molecule has 322 valence electrons. The van der Waals surface area contributed by atoms with Gasteiger partial charge < -0.3 is 34.9 Å². The van der Waals surface area contributed by atoms with Crippen LogP contribution in [0.1, 0.15) is 45.2 Å². The molecule has 1 aromatic heterocycles. The van der Waals surface area contributed by atoms with Crippen molar-refractivity contribution in [1.82, 2.24) is 15.2 Å².